The molecule has 0 atom stereocenters. The zero-order valence-corrected chi connectivity index (χ0v) is 15.0. The number of sulfone groups is 2. The predicted octanol–water partition coefficient (Wildman–Crippen LogP) is -0.0457. The summed E-state index contributed by atoms with van der Waals surface area (Å²) in [6.07, 6.45) is 2.38. The van der Waals surface area contributed by atoms with Gasteiger partial charge < -0.3 is 5.32 Å². The van der Waals surface area contributed by atoms with Crippen molar-refractivity contribution in [2.45, 2.75) is 0 Å². The van der Waals surface area contributed by atoms with E-state index in [1.54, 1.807) is 0 Å². The molecule has 0 radical (unpaired) electrons. The summed E-state index contributed by atoms with van der Waals surface area (Å²) in [5.74, 6) is 0.285. The molecule has 124 valence electrons. The molecule has 0 spiro atoms. The van der Waals surface area contributed by atoms with Crippen LogP contribution in [-0.4, -0.2) is 72.7 Å². The fourth-order valence-corrected chi connectivity index (χ4v) is 1.82. The number of hydrogen-bond acceptors (Lipinski definition) is 6. The SMILES string of the molecule is C=CS(C)(=O)=O.CS(=O)(=O)CCN1CCNCC1.Cl.Cl. The van der Waals surface area contributed by atoms with Gasteiger partial charge in [0.05, 0.1) is 5.75 Å². The molecular weight excluding hydrogens is 347 g/mol. The van der Waals surface area contributed by atoms with E-state index in [0.717, 1.165) is 37.8 Å². The molecule has 0 aromatic carbocycles. The van der Waals surface area contributed by atoms with E-state index in [4.69, 9.17) is 0 Å². The number of rotatable bonds is 4. The normalized spacial score (nSPS) is 15.9. The minimum Gasteiger partial charge on any atom is -0.314 e. The van der Waals surface area contributed by atoms with Crippen molar-refractivity contribution in [3.63, 3.8) is 0 Å². The van der Waals surface area contributed by atoms with E-state index in [0.29, 0.717) is 6.54 Å². The molecule has 0 unspecified atom stereocenters. The van der Waals surface area contributed by atoms with Gasteiger partial charge in [0, 0.05) is 50.6 Å². The van der Waals surface area contributed by atoms with Crippen LogP contribution in [0.1, 0.15) is 0 Å². The molecule has 1 rings (SSSR count). The maximum atomic E-state index is 10.8. The zero-order valence-electron chi connectivity index (χ0n) is 11.7. The van der Waals surface area contributed by atoms with Crippen LogP contribution < -0.4 is 5.32 Å². The van der Waals surface area contributed by atoms with Crippen molar-refractivity contribution < 1.29 is 16.8 Å². The third-order valence-corrected chi connectivity index (χ3v) is 3.82. The highest BCUT2D eigenvalue weighted by atomic mass is 35.5. The summed E-state index contributed by atoms with van der Waals surface area (Å²) in [7, 11) is -5.68. The molecule has 0 bridgehead atoms. The highest BCUT2D eigenvalue weighted by Crippen LogP contribution is 1.93. The lowest BCUT2D eigenvalue weighted by Crippen LogP contribution is -2.45. The van der Waals surface area contributed by atoms with Crippen molar-refractivity contribution in [3.05, 3.63) is 12.0 Å². The molecular formula is C10H24Cl2N2O4S2. The van der Waals surface area contributed by atoms with Crippen molar-refractivity contribution in [1.29, 1.82) is 0 Å². The van der Waals surface area contributed by atoms with Gasteiger partial charge in [0.15, 0.2) is 9.84 Å². The van der Waals surface area contributed by atoms with Gasteiger partial charge in [0.2, 0.25) is 0 Å². The first-order valence-corrected chi connectivity index (χ1v) is 9.59. The maximum Gasteiger partial charge on any atom is 0.168 e. The third kappa shape index (κ3) is 18.1. The summed E-state index contributed by atoms with van der Waals surface area (Å²) < 4.78 is 41.4. The van der Waals surface area contributed by atoms with Crippen molar-refractivity contribution in [3.8, 4) is 0 Å². The molecule has 10 heteroatoms. The number of nitrogens with one attached hydrogen (secondary N) is 1. The average molecular weight is 371 g/mol. The van der Waals surface area contributed by atoms with E-state index in [9.17, 15) is 16.8 Å². The van der Waals surface area contributed by atoms with Gasteiger partial charge in [0.1, 0.15) is 9.84 Å². The molecule has 0 aliphatic carbocycles. The molecule has 6 nitrogen and oxygen atoms in total. The Morgan fingerprint density at radius 2 is 1.50 bits per heavy atom. The maximum absolute atomic E-state index is 10.8. The van der Waals surface area contributed by atoms with Crippen LogP contribution in [0.25, 0.3) is 0 Å². The highest BCUT2D eigenvalue weighted by molar-refractivity contribution is 7.93. The van der Waals surface area contributed by atoms with Crippen LogP contribution in [0.5, 0.6) is 0 Å². The molecule has 1 N–H and O–H groups in total. The lowest BCUT2D eigenvalue weighted by molar-refractivity contribution is 0.254. The molecule has 1 saturated heterocycles. The van der Waals surface area contributed by atoms with Gasteiger partial charge >= 0.3 is 0 Å². The van der Waals surface area contributed by atoms with E-state index in [2.05, 4.69) is 16.8 Å². The second-order valence-electron chi connectivity index (χ2n) is 4.22. The van der Waals surface area contributed by atoms with Crippen LogP contribution in [0.15, 0.2) is 12.0 Å². The van der Waals surface area contributed by atoms with Gasteiger partial charge in [-0.25, -0.2) is 16.8 Å². The van der Waals surface area contributed by atoms with Gasteiger partial charge in [-0.2, -0.15) is 0 Å². The van der Waals surface area contributed by atoms with Crippen LogP contribution in [0.4, 0.5) is 0 Å². The standard InChI is InChI=1S/C7H16N2O2S.C3H6O2S.2ClH/c1-12(10,11)7-6-9-4-2-8-3-5-9;1-3-6(2,4)5;;/h8H,2-7H2,1H3;3H,1H2,2H3;2*1H. The molecule has 1 aliphatic heterocycles. The second kappa shape index (κ2) is 11.8. The van der Waals surface area contributed by atoms with Gasteiger partial charge in [-0.3, -0.25) is 4.90 Å². The summed E-state index contributed by atoms with van der Waals surface area (Å²) in [6.45, 7) is 7.61. The Labute approximate surface area is 134 Å². The monoisotopic (exact) mass is 370 g/mol. The van der Waals surface area contributed by atoms with E-state index in [-0.39, 0.29) is 30.6 Å². The van der Waals surface area contributed by atoms with Crippen LogP contribution in [-0.2, 0) is 19.7 Å². The molecule has 0 saturated carbocycles. The third-order valence-electron chi connectivity index (χ3n) is 2.29. The summed E-state index contributed by atoms with van der Waals surface area (Å²) in [4.78, 5) is 2.18. The van der Waals surface area contributed by atoms with E-state index in [1.165, 1.54) is 6.26 Å². The molecule has 1 heterocycles. The summed E-state index contributed by atoms with van der Waals surface area (Å²) in [5, 5.41) is 4.13. The van der Waals surface area contributed by atoms with E-state index < -0.39 is 19.7 Å². The first-order chi connectivity index (χ1) is 8.14. The quantitative estimate of drug-likeness (QED) is 0.746. The van der Waals surface area contributed by atoms with Crippen LogP contribution in [0, 0.1) is 0 Å². The van der Waals surface area contributed by atoms with Crippen molar-refractivity contribution in [2.75, 3.05) is 51.0 Å². The molecule has 1 fully saturated rings. The fourth-order valence-electron chi connectivity index (χ4n) is 1.23. The van der Waals surface area contributed by atoms with Crippen molar-refractivity contribution in [2.24, 2.45) is 0 Å². The average Bonchev–Trinajstić information content (AvgIpc) is 2.27. The molecule has 0 aromatic heterocycles. The lowest BCUT2D eigenvalue weighted by atomic mass is 10.4. The Hall–Kier alpha value is 0.140. The fraction of sp³-hybridized carbons (Fsp3) is 0.800. The van der Waals surface area contributed by atoms with E-state index in [1.807, 2.05) is 0 Å². The van der Waals surface area contributed by atoms with Crippen molar-refractivity contribution >= 4 is 44.5 Å². The lowest BCUT2D eigenvalue weighted by Gasteiger charge is -2.26. The predicted molar refractivity (Wildman–Crippen MR) is 88.6 cm³/mol. The van der Waals surface area contributed by atoms with Gasteiger partial charge in [0.25, 0.3) is 0 Å². The summed E-state index contributed by atoms with van der Waals surface area (Å²) >= 11 is 0. The van der Waals surface area contributed by atoms with Crippen LogP contribution >= 0.6 is 24.8 Å². The first-order valence-electron chi connectivity index (χ1n) is 5.57. The Morgan fingerprint density at radius 1 is 1.10 bits per heavy atom. The van der Waals surface area contributed by atoms with Crippen LogP contribution in [0.2, 0.25) is 0 Å². The second-order valence-corrected chi connectivity index (χ2v) is 8.47. The highest BCUT2D eigenvalue weighted by Gasteiger charge is 2.11. The zero-order chi connectivity index (χ0) is 14.2. The summed E-state index contributed by atoms with van der Waals surface area (Å²) in [6, 6.07) is 0. The van der Waals surface area contributed by atoms with E-state index >= 15 is 0 Å². The minimum absolute atomic E-state index is 0. The number of halogens is 2. The molecule has 20 heavy (non-hydrogen) atoms. The molecule has 0 amide bonds. The Balaban J connectivity index is -0.000000316. The van der Waals surface area contributed by atoms with Crippen molar-refractivity contribution in [1.82, 2.24) is 10.2 Å². The number of hydrogen-bond donors (Lipinski definition) is 1. The Morgan fingerprint density at radius 3 is 1.80 bits per heavy atom. The number of nitrogens with zero attached hydrogens (tertiary/aromatic N) is 1. The molecule has 1 aliphatic rings. The van der Waals surface area contributed by atoms with Gasteiger partial charge in [-0.15, -0.1) is 24.8 Å². The Kier molecular flexibility index (Phi) is 14.8. The number of piperazine rings is 1. The molecule has 0 aromatic rings. The topological polar surface area (TPSA) is 83.5 Å². The minimum atomic E-state index is -2.90. The van der Waals surface area contributed by atoms with Gasteiger partial charge in [-0.05, 0) is 0 Å². The Bertz CT molecular complexity index is 434. The van der Waals surface area contributed by atoms with Gasteiger partial charge in [-0.1, -0.05) is 6.58 Å². The summed E-state index contributed by atoms with van der Waals surface area (Å²) in [5.41, 5.74) is 0. The largest absolute Gasteiger partial charge is 0.314 e. The smallest absolute Gasteiger partial charge is 0.168 e. The first kappa shape index (κ1) is 25.1. The van der Waals surface area contributed by atoms with Crippen LogP contribution in [0.3, 0.4) is 0 Å².